The van der Waals surface area contributed by atoms with E-state index in [0.717, 1.165) is 28.5 Å². The van der Waals surface area contributed by atoms with Gasteiger partial charge in [0.1, 0.15) is 0 Å². The summed E-state index contributed by atoms with van der Waals surface area (Å²) < 4.78 is 5.25. The molecule has 0 saturated carbocycles. The van der Waals surface area contributed by atoms with E-state index in [1.54, 1.807) is 25.7 Å². The number of rotatable bonds is 4. The standard InChI is InChI=1S/C13H16N4O/c1-9-4-12(13(18-3)8-15-9)17-7-11-6-14-10(2)5-16-11/h4-6,8H,7H2,1-3H3,(H,15,17). The van der Waals surface area contributed by atoms with Gasteiger partial charge in [0.25, 0.3) is 0 Å². The summed E-state index contributed by atoms with van der Waals surface area (Å²) in [5, 5.41) is 3.27. The lowest BCUT2D eigenvalue weighted by molar-refractivity contribution is 0.414. The van der Waals surface area contributed by atoms with Crippen LogP contribution in [0.25, 0.3) is 0 Å². The number of anilines is 1. The number of aryl methyl sites for hydroxylation is 2. The quantitative estimate of drug-likeness (QED) is 0.892. The van der Waals surface area contributed by atoms with Crippen molar-refractivity contribution >= 4 is 5.69 Å². The predicted molar refractivity (Wildman–Crippen MR) is 69.6 cm³/mol. The second kappa shape index (κ2) is 5.44. The van der Waals surface area contributed by atoms with E-state index in [1.165, 1.54) is 0 Å². The molecule has 1 N–H and O–H groups in total. The monoisotopic (exact) mass is 244 g/mol. The first-order valence-electron chi connectivity index (χ1n) is 5.71. The molecule has 0 aliphatic rings. The van der Waals surface area contributed by atoms with E-state index in [-0.39, 0.29) is 0 Å². The Morgan fingerprint density at radius 2 is 1.83 bits per heavy atom. The molecule has 0 spiro atoms. The van der Waals surface area contributed by atoms with Crippen molar-refractivity contribution in [2.75, 3.05) is 12.4 Å². The first-order valence-corrected chi connectivity index (χ1v) is 5.71. The highest BCUT2D eigenvalue weighted by Crippen LogP contribution is 2.23. The number of hydrogen-bond acceptors (Lipinski definition) is 5. The summed E-state index contributed by atoms with van der Waals surface area (Å²) in [5.74, 6) is 0.723. The van der Waals surface area contributed by atoms with Crippen LogP contribution in [-0.2, 0) is 6.54 Å². The predicted octanol–water partition coefficient (Wildman–Crippen LogP) is 2.11. The highest BCUT2D eigenvalue weighted by atomic mass is 16.5. The molecular formula is C13H16N4O. The lowest BCUT2D eigenvalue weighted by Gasteiger charge is -2.11. The van der Waals surface area contributed by atoms with Crippen LogP contribution in [0.5, 0.6) is 5.75 Å². The molecule has 0 radical (unpaired) electrons. The van der Waals surface area contributed by atoms with Crippen molar-refractivity contribution in [1.29, 1.82) is 0 Å². The van der Waals surface area contributed by atoms with E-state index < -0.39 is 0 Å². The summed E-state index contributed by atoms with van der Waals surface area (Å²) in [6, 6.07) is 1.94. The van der Waals surface area contributed by atoms with Crippen molar-refractivity contribution in [3.05, 3.63) is 41.7 Å². The SMILES string of the molecule is COc1cnc(C)cc1NCc1cnc(C)cn1. The minimum atomic E-state index is 0.604. The van der Waals surface area contributed by atoms with Crippen molar-refractivity contribution in [2.24, 2.45) is 0 Å². The highest BCUT2D eigenvalue weighted by Gasteiger charge is 2.04. The van der Waals surface area contributed by atoms with E-state index in [0.29, 0.717) is 6.54 Å². The molecule has 0 amide bonds. The topological polar surface area (TPSA) is 59.9 Å². The molecule has 2 heterocycles. The molecule has 0 unspecified atom stereocenters. The summed E-state index contributed by atoms with van der Waals surface area (Å²) in [4.78, 5) is 12.7. The van der Waals surface area contributed by atoms with E-state index in [1.807, 2.05) is 19.9 Å². The summed E-state index contributed by atoms with van der Waals surface area (Å²) in [7, 11) is 1.63. The third-order valence-corrected chi connectivity index (χ3v) is 2.52. The van der Waals surface area contributed by atoms with Crippen LogP contribution < -0.4 is 10.1 Å². The van der Waals surface area contributed by atoms with Crippen LogP contribution >= 0.6 is 0 Å². The zero-order valence-electron chi connectivity index (χ0n) is 10.8. The second-order valence-electron chi connectivity index (χ2n) is 4.03. The van der Waals surface area contributed by atoms with Gasteiger partial charge in [0.2, 0.25) is 0 Å². The lowest BCUT2D eigenvalue weighted by Crippen LogP contribution is -2.04. The minimum Gasteiger partial charge on any atom is -0.493 e. The van der Waals surface area contributed by atoms with Crippen LogP contribution in [-0.4, -0.2) is 22.1 Å². The van der Waals surface area contributed by atoms with Gasteiger partial charge in [-0.3, -0.25) is 15.0 Å². The Labute approximate surface area is 106 Å². The largest absolute Gasteiger partial charge is 0.493 e. The Kier molecular flexibility index (Phi) is 3.72. The van der Waals surface area contributed by atoms with Crippen molar-refractivity contribution in [3.8, 4) is 5.75 Å². The van der Waals surface area contributed by atoms with Crippen LogP contribution in [0.4, 0.5) is 5.69 Å². The van der Waals surface area contributed by atoms with Crippen LogP contribution in [0.2, 0.25) is 0 Å². The Morgan fingerprint density at radius 1 is 1.06 bits per heavy atom. The fourth-order valence-corrected chi connectivity index (χ4v) is 1.54. The van der Waals surface area contributed by atoms with Crippen LogP contribution in [0, 0.1) is 13.8 Å². The van der Waals surface area contributed by atoms with Gasteiger partial charge >= 0.3 is 0 Å². The zero-order chi connectivity index (χ0) is 13.0. The van der Waals surface area contributed by atoms with Gasteiger partial charge in [0.15, 0.2) is 5.75 Å². The molecule has 18 heavy (non-hydrogen) atoms. The van der Waals surface area contributed by atoms with Crippen LogP contribution in [0.15, 0.2) is 24.7 Å². The summed E-state index contributed by atoms with van der Waals surface area (Å²) >= 11 is 0. The van der Waals surface area contributed by atoms with Gasteiger partial charge in [0.05, 0.1) is 43.1 Å². The van der Waals surface area contributed by atoms with Crippen molar-refractivity contribution in [1.82, 2.24) is 15.0 Å². The van der Waals surface area contributed by atoms with E-state index in [9.17, 15) is 0 Å². The molecule has 5 nitrogen and oxygen atoms in total. The Morgan fingerprint density at radius 3 is 2.50 bits per heavy atom. The fraction of sp³-hybridized carbons (Fsp3) is 0.308. The molecule has 0 aliphatic heterocycles. The Bertz CT molecular complexity index is 525. The van der Waals surface area contributed by atoms with Gasteiger partial charge in [0, 0.05) is 11.9 Å². The normalized spacial score (nSPS) is 10.2. The summed E-state index contributed by atoms with van der Waals surface area (Å²) in [5.41, 5.74) is 3.65. The molecule has 0 saturated heterocycles. The third kappa shape index (κ3) is 2.94. The molecule has 2 aromatic rings. The molecule has 0 aliphatic carbocycles. The van der Waals surface area contributed by atoms with Crippen molar-refractivity contribution in [2.45, 2.75) is 20.4 Å². The molecule has 0 aromatic carbocycles. The van der Waals surface area contributed by atoms with Gasteiger partial charge in [-0.05, 0) is 19.9 Å². The van der Waals surface area contributed by atoms with Crippen LogP contribution in [0.3, 0.4) is 0 Å². The lowest BCUT2D eigenvalue weighted by atomic mass is 10.3. The highest BCUT2D eigenvalue weighted by molar-refractivity contribution is 5.55. The number of pyridine rings is 1. The number of ether oxygens (including phenoxy) is 1. The zero-order valence-corrected chi connectivity index (χ0v) is 10.8. The smallest absolute Gasteiger partial charge is 0.160 e. The Hall–Kier alpha value is -2.17. The summed E-state index contributed by atoms with van der Waals surface area (Å²) in [6.45, 7) is 4.46. The van der Waals surface area contributed by atoms with Crippen LogP contribution in [0.1, 0.15) is 17.1 Å². The fourth-order valence-electron chi connectivity index (χ4n) is 1.54. The maximum absolute atomic E-state index is 5.25. The number of nitrogens with one attached hydrogen (secondary N) is 1. The van der Waals surface area contributed by atoms with Gasteiger partial charge in [-0.1, -0.05) is 0 Å². The number of nitrogens with zero attached hydrogens (tertiary/aromatic N) is 3. The van der Waals surface area contributed by atoms with Gasteiger partial charge < -0.3 is 10.1 Å². The molecule has 2 rings (SSSR count). The minimum absolute atomic E-state index is 0.604. The number of aromatic nitrogens is 3. The molecule has 2 aromatic heterocycles. The summed E-state index contributed by atoms with van der Waals surface area (Å²) in [6.07, 6.45) is 5.23. The molecule has 94 valence electrons. The second-order valence-corrected chi connectivity index (χ2v) is 4.03. The average Bonchev–Trinajstić information content (AvgIpc) is 2.38. The maximum atomic E-state index is 5.25. The number of methoxy groups -OCH3 is 1. The van der Waals surface area contributed by atoms with Crippen molar-refractivity contribution < 1.29 is 4.74 Å². The maximum Gasteiger partial charge on any atom is 0.160 e. The molecule has 5 heteroatoms. The first-order chi connectivity index (χ1) is 8.69. The van der Waals surface area contributed by atoms with E-state index in [2.05, 4.69) is 20.3 Å². The van der Waals surface area contributed by atoms with E-state index in [4.69, 9.17) is 4.74 Å². The van der Waals surface area contributed by atoms with Gasteiger partial charge in [-0.15, -0.1) is 0 Å². The van der Waals surface area contributed by atoms with Crippen molar-refractivity contribution in [3.63, 3.8) is 0 Å². The first kappa shape index (κ1) is 12.3. The molecule has 0 fully saturated rings. The molecule has 0 atom stereocenters. The third-order valence-electron chi connectivity index (χ3n) is 2.52. The Balaban J connectivity index is 2.09. The van der Waals surface area contributed by atoms with Gasteiger partial charge in [-0.2, -0.15) is 0 Å². The molecule has 0 bridgehead atoms. The number of hydrogen-bond donors (Lipinski definition) is 1. The average molecular weight is 244 g/mol. The van der Waals surface area contributed by atoms with Gasteiger partial charge in [-0.25, -0.2) is 0 Å². The van der Waals surface area contributed by atoms with E-state index >= 15 is 0 Å². The molecular weight excluding hydrogens is 228 g/mol.